The van der Waals surface area contributed by atoms with Gasteiger partial charge in [0, 0.05) is 22.7 Å². The predicted molar refractivity (Wildman–Crippen MR) is 99.4 cm³/mol. The summed E-state index contributed by atoms with van der Waals surface area (Å²) in [6.45, 7) is 6.68. The van der Waals surface area contributed by atoms with Crippen molar-refractivity contribution in [2.24, 2.45) is 0 Å². The minimum Gasteiger partial charge on any atom is -0.399 e. The molecular weight excluding hydrogens is 304 g/mol. The molecule has 0 aliphatic rings. The van der Waals surface area contributed by atoms with E-state index in [1.54, 1.807) is 48.5 Å². The molecule has 6 nitrogen and oxygen atoms in total. The molecule has 0 saturated heterocycles. The molecule has 24 heavy (non-hydrogen) atoms. The highest BCUT2D eigenvalue weighted by molar-refractivity contribution is 5.99. The normalized spacial score (nSPS) is 9.00. The Hall–Kier alpha value is -3.54. The van der Waals surface area contributed by atoms with Crippen molar-refractivity contribution in [1.82, 2.24) is 0 Å². The molecule has 0 heterocycles. The Morgan fingerprint density at radius 2 is 1.00 bits per heavy atom. The number of benzene rings is 2. The second-order valence-corrected chi connectivity index (χ2v) is 4.63. The maximum atomic E-state index is 10.8. The zero-order valence-corrected chi connectivity index (χ0v) is 13.2. The summed E-state index contributed by atoms with van der Waals surface area (Å²) in [4.78, 5) is 21.6. The fourth-order valence-corrected chi connectivity index (χ4v) is 1.52. The van der Waals surface area contributed by atoms with Crippen molar-refractivity contribution in [3.63, 3.8) is 0 Å². The number of rotatable bonds is 4. The van der Waals surface area contributed by atoms with Crippen LogP contribution >= 0.6 is 0 Å². The average molecular weight is 324 g/mol. The number of carbonyl (C=O) groups is 2. The highest BCUT2D eigenvalue weighted by atomic mass is 16.2. The van der Waals surface area contributed by atoms with E-state index in [0.29, 0.717) is 22.7 Å². The Kier molecular flexibility index (Phi) is 7.30. The van der Waals surface area contributed by atoms with Gasteiger partial charge in [-0.1, -0.05) is 13.2 Å². The van der Waals surface area contributed by atoms with Gasteiger partial charge in [0.05, 0.1) is 0 Å². The van der Waals surface area contributed by atoms with Gasteiger partial charge in [-0.2, -0.15) is 0 Å². The molecule has 0 spiro atoms. The number of anilines is 4. The molecule has 2 aromatic rings. The predicted octanol–water partition coefficient (Wildman–Crippen LogP) is 2.79. The van der Waals surface area contributed by atoms with Crippen LogP contribution in [0.3, 0.4) is 0 Å². The number of nitrogens with one attached hydrogen (secondary N) is 2. The Morgan fingerprint density at radius 3 is 1.25 bits per heavy atom. The summed E-state index contributed by atoms with van der Waals surface area (Å²) >= 11 is 0. The summed E-state index contributed by atoms with van der Waals surface area (Å²) < 4.78 is 0. The maximum Gasteiger partial charge on any atom is 0.247 e. The molecule has 0 aliphatic carbocycles. The summed E-state index contributed by atoms with van der Waals surface area (Å²) in [5.41, 5.74) is 13.7. The first kappa shape index (κ1) is 18.5. The van der Waals surface area contributed by atoms with Crippen molar-refractivity contribution in [2.75, 3.05) is 22.1 Å². The lowest BCUT2D eigenvalue weighted by molar-refractivity contribution is -0.112. The van der Waals surface area contributed by atoms with Gasteiger partial charge in [0.25, 0.3) is 0 Å². The summed E-state index contributed by atoms with van der Waals surface area (Å²) in [5, 5.41) is 5.21. The number of amides is 2. The van der Waals surface area contributed by atoms with Gasteiger partial charge < -0.3 is 22.1 Å². The Morgan fingerprint density at radius 1 is 0.708 bits per heavy atom. The molecule has 124 valence electrons. The van der Waals surface area contributed by atoms with E-state index >= 15 is 0 Å². The van der Waals surface area contributed by atoms with Crippen LogP contribution in [0.15, 0.2) is 73.8 Å². The van der Waals surface area contributed by atoms with Crippen molar-refractivity contribution in [3.8, 4) is 0 Å². The van der Waals surface area contributed by atoms with Crippen LogP contribution < -0.4 is 22.1 Å². The largest absolute Gasteiger partial charge is 0.399 e. The summed E-state index contributed by atoms with van der Waals surface area (Å²) in [6, 6.07) is 13.8. The smallest absolute Gasteiger partial charge is 0.247 e. The SMILES string of the molecule is C=CC(=O)Nc1ccc(N)cc1.C=CC(=O)Nc1ccc(N)cc1. The van der Waals surface area contributed by atoms with Crippen molar-refractivity contribution >= 4 is 34.6 Å². The second-order valence-electron chi connectivity index (χ2n) is 4.63. The number of hydrogen-bond donors (Lipinski definition) is 4. The molecule has 2 rings (SSSR count). The van der Waals surface area contributed by atoms with Crippen LogP contribution in [0.4, 0.5) is 22.7 Å². The lowest BCUT2D eigenvalue weighted by Gasteiger charge is -2.00. The van der Waals surface area contributed by atoms with E-state index in [-0.39, 0.29) is 11.8 Å². The zero-order chi connectivity index (χ0) is 17.9. The number of hydrogen-bond acceptors (Lipinski definition) is 4. The molecule has 6 heteroatoms. The number of carbonyl (C=O) groups excluding carboxylic acids is 2. The van der Waals surface area contributed by atoms with E-state index in [4.69, 9.17) is 11.5 Å². The minimum absolute atomic E-state index is 0.222. The first-order chi connectivity index (χ1) is 11.4. The van der Waals surface area contributed by atoms with Gasteiger partial charge >= 0.3 is 0 Å². The van der Waals surface area contributed by atoms with E-state index in [9.17, 15) is 9.59 Å². The molecule has 0 bridgehead atoms. The van der Waals surface area contributed by atoms with Crippen molar-refractivity contribution < 1.29 is 9.59 Å². The molecular formula is C18H20N4O2. The standard InChI is InChI=1S/2C9H10N2O/c2*1-2-9(12)11-8-5-3-7(10)4-6-8/h2*2-6H,1,10H2,(H,11,12). The van der Waals surface area contributed by atoms with E-state index < -0.39 is 0 Å². The molecule has 0 atom stereocenters. The summed E-state index contributed by atoms with van der Waals surface area (Å²) in [5.74, 6) is -0.445. The van der Waals surface area contributed by atoms with Gasteiger partial charge in [0.1, 0.15) is 0 Å². The van der Waals surface area contributed by atoms with Gasteiger partial charge in [0.2, 0.25) is 11.8 Å². The quantitative estimate of drug-likeness (QED) is 0.512. The van der Waals surface area contributed by atoms with E-state index in [1.807, 2.05) is 0 Å². The molecule has 0 radical (unpaired) electrons. The maximum absolute atomic E-state index is 10.8. The molecule has 0 unspecified atom stereocenters. The van der Waals surface area contributed by atoms with Crippen molar-refractivity contribution in [3.05, 3.63) is 73.8 Å². The molecule has 6 N–H and O–H groups in total. The minimum atomic E-state index is -0.222. The molecule has 0 fully saturated rings. The third kappa shape index (κ3) is 6.95. The van der Waals surface area contributed by atoms with E-state index in [2.05, 4.69) is 23.8 Å². The van der Waals surface area contributed by atoms with Gasteiger partial charge in [-0.3, -0.25) is 9.59 Å². The first-order valence-electron chi connectivity index (χ1n) is 7.02. The van der Waals surface area contributed by atoms with Crippen LogP contribution in [0.5, 0.6) is 0 Å². The van der Waals surface area contributed by atoms with Crippen LogP contribution in [-0.4, -0.2) is 11.8 Å². The van der Waals surface area contributed by atoms with Crippen LogP contribution in [0.1, 0.15) is 0 Å². The average Bonchev–Trinajstić information content (AvgIpc) is 2.59. The fourth-order valence-electron chi connectivity index (χ4n) is 1.52. The Labute approximate surface area is 140 Å². The van der Waals surface area contributed by atoms with Gasteiger partial charge in [-0.25, -0.2) is 0 Å². The Bertz CT molecular complexity index is 643. The van der Waals surface area contributed by atoms with Gasteiger partial charge in [-0.15, -0.1) is 0 Å². The van der Waals surface area contributed by atoms with Gasteiger partial charge in [-0.05, 0) is 60.7 Å². The van der Waals surface area contributed by atoms with E-state index in [0.717, 1.165) is 0 Å². The van der Waals surface area contributed by atoms with Crippen LogP contribution in [0.2, 0.25) is 0 Å². The van der Waals surface area contributed by atoms with Crippen LogP contribution in [-0.2, 0) is 9.59 Å². The van der Waals surface area contributed by atoms with Gasteiger partial charge in [0.15, 0.2) is 0 Å². The Balaban J connectivity index is 0.000000240. The monoisotopic (exact) mass is 324 g/mol. The highest BCUT2D eigenvalue weighted by Gasteiger charge is 1.95. The van der Waals surface area contributed by atoms with Crippen LogP contribution in [0.25, 0.3) is 0 Å². The number of nitrogens with two attached hydrogens (primary N) is 2. The van der Waals surface area contributed by atoms with Crippen molar-refractivity contribution in [2.45, 2.75) is 0 Å². The molecule has 2 aromatic carbocycles. The van der Waals surface area contributed by atoms with Crippen molar-refractivity contribution in [1.29, 1.82) is 0 Å². The lowest BCUT2D eigenvalue weighted by Crippen LogP contribution is -2.06. The third-order valence-corrected chi connectivity index (χ3v) is 2.73. The molecule has 0 saturated carbocycles. The highest BCUT2D eigenvalue weighted by Crippen LogP contribution is 2.10. The molecule has 2 amide bonds. The number of nitrogen functional groups attached to an aromatic ring is 2. The van der Waals surface area contributed by atoms with Crippen LogP contribution in [0, 0.1) is 0 Å². The fraction of sp³-hybridized carbons (Fsp3) is 0. The zero-order valence-electron chi connectivity index (χ0n) is 13.2. The summed E-state index contributed by atoms with van der Waals surface area (Å²) in [6.07, 6.45) is 2.44. The second kappa shape index (κ2) is 9.47. The third-order valence-electron chi connectivity index (χ3n) is 2.73. The lowest BCUT2D eigenvalue weighted by atomic mass is 10.3. The summed E-state index contributed by atoms with van der Waals surface area (Å²) in [7, 11) is 0. The molecule has 0 aromatic heterocycles. The molecule has 0 aliphatic heterocycles. The topological polar surface area (TPSA) is 110 Å². The first-order valence-corrected chi connectivity index (χ1v) is 7.02. The van der Waals surface area contributed by atoms with E-state index in [1.165, 1.54) is 12.2 Å².